The number of imidazole rings is 1. The molecule has 0 spiro atoms. The number of halogens is 1. The lowest BCUT2D eigenvalue weighted by atomic mass is 9.82. The van der Waals surface area contributed by atoms with Gasteiger partial charge in [-0.25, -0.2) is 9.37 Å². The molecule has 0 fully saturated rings. The molecule has 3 rings (SSSR count). The molecular weight excluding hydrogens is 423 g/mol. The first-order valence-electron chi connectivity index (χ1n) is 10.6. The lowest BCUT2D eigenvalue weighted by molar-refractivity contribution is -0.116. The third-order valence-electron chi connectivity index (χ3n) is 6.04. The highest BCUT2D eigenvalue weighted by Crippen LogP contribution is 2.29. The summed E-state index contributed by atoms with van der Waals surface area (Å²) in [5.74, 6) is -1.96. The largest absolute Gasteiger partial charge is 0.343 e. The number of nitrogens with zero attached hydrogens (tertiary/aromatic N) is 3. The lowest BCUT2D eigenvalue weighted by Gasteiger charge is -2.21. The molecular formula is C25H29FN4O3. The van der Waals surface area contributed by atoms with Gasteiger partial charge >= 0.3 is 0 Å². The predicted molar refractivity (Wildman–Crippen MR) is 124 cm³/mol. The summed E-state index contributed by atoms with van der Waals surface area (Å²) in [6.45, 7) is 8.71. The van der Waals surface area contributed by atoms with E-state index in [-0.39, 0.29) is 23.5 Å². The quantitative estimate of drug-likeness (QED) is 0.430. The van der Waals surface area contributed by atoms with Gasteiger partial charge in [-0.2, -0.15) is 0 Å². The molecule has 174 valence electrons. The van der Waals surface area contributed by atoms with Gasteiger partial charge in [0.2, 0.25) is 11.6 Å². The molecule has 0 atom stereocenters. The maximum atomic E-state index is 13.5. The first-order chi connectivity index (χ1) is 15.3. The van der Waals surface area contributed by atoms with Gasteiger partial charge in [0.25, 0.3) is 5.91 Å². The highest BCUT2D eigenvalue weighted by Gasteiger charge is 2.33. The summed E-state index contributed by atoms with van der Waals surface area (Å²) in [5.41, 5.74) is 2.42. The number of nitrogens with one attached hydrogen (secondary N) is 1. The molecule has 8 heteroatoms. The minimum Gasteiger partial charge on any atom is -0.343 e. The van der Waals surface area contributed by atoms with Gasteiger partial charge < -0.3 is 14.5 Å². The number of rotatable bonds is 7. The molecule has 2 heterocycles. The van der Waals surface area contributed by atoms with Crippen LogP contribution in [0.2, 0.25) is 0 Å². The Kier molecular flexibility index (Phi) is 6.40. The van der Waals surface area contributed by atoms with E-state index in [9.17, 15) is 18.8 Å². The Morgan fingerprint density at radius 3 is 2.36 bits per heavy atom. The van der Waals surface area contributed by atoms with Gasteiger partial charge in [-0.05, 0) is 50.1 Å². The molecule has 0 aliphatic rings. The Balaban J connectivity index is 1.87. The topological polar surface area (TPSA) is 86.0 Å². The summed E-state index contributed by atoms with van der Waals surface area (Å²) in [7, 11) is 3.52. The standard InChI is InChI=1S/C25H29FN4O3/c1-14-10-17(8-9-18(14)26)28-24(33)22-15(2)21(16(3)30(22)7)23(32)19(31)11-25(4,5)20-12-29(6)13-27-20/h8-10,12-13H,11H2,1-7H3,(H,28,33). The summed E-state index contributed by atoms with van der Waals surface area (Å²) in [6.07, 6.45) is 3.48. The van der Waals surface area contributed by atoms with E-state index < -0.39 is 22.9 Å². The van der Waals surface area contributed by atoms with Crippen molar-refractivity contribution < 1.29 is 18.8 Å². The Labute approximate surface area is 192 Å². The van der Waals surface area contributed by atoms with Gasteiger partial charge in [-0.1, -0.05) is 13.8 Å². The fourth-order valence-corrected chi connectivity index (χ4v) is 4.02. The molecule has 33 heavy (non-hydrogen) atoms. The Morgan fingerprint density at radius 1 is 1.12 bits per heavy atom. The predicted octanol–water partition coefficient (Wildman–Crippen LogP) is 4.19. The highest BCUT2D eigenvalue weighted by atomic mass is 19.1. The van der Waals surface area contributed by atoms with E-state index in [4.69, 9.17) is 0 Å². The molecule has 0 radical (unpaired) electrons. The van der Waals surface area contributed by atoms with E-state index >= 15 is 0 Å². The number of carbonyl (C=O) groups is 3. The molecule has 1 aromatic carbocycles. The zero-order valence-corrected chi connectivity index (χ0v) is 20.0. The maximum absolute atomic E-state index is 13.5. The van der Waals surface area contributed by atoms with Crippen molar-refractivity contribution >= 4 is 23.2 Å². The van der Waals surface area contributed by atoms with E-state index in [0.29, 0.717) is 22.5 Å². The van der Waals surface area contributed by atoms with Crippen LogP contribution in [0.1, 0.15) is 63.6 Å². The van der Waals surface area contributed by atoms with Crippen molar-refractivity contribution in [2.24, 2.45) is 14.1 Å². The van der Waals surface area contributed by atoms with Crippen LogP contribution in [0.4, 0.5) is 10.1 Å². The van der Waals surface area contributed by atoms with E-state index in [1.807, 2.05) is 27.1 Å². The Hall–Kier alpha value is -3.55. The van der Waals surface area contributed by atoms with Crippen LogP contribution in [-0.4, -0.2) is 31.6 Å². The third-order valence-corrected chi connectivity index (χ3v) is 6.04. The van der Waals surface area contributed by atoms with Crippen LogP contribution in [0.15, 0.2) is 30.7 Å². The van der Waals surface area contributed by atoms with Crippen LogP contribution in [0.25, 0.3) is 0 Å². The molecule has 0 saturated carbocycles. The normalized spacial score (nSPS) is 11.5. The number of ketones is 2. The van der Waals surface area contributed by atoms with Gasteiger partial charge in [0.15, 0.2) is 0 Å². The first kappa shape index (κ1) is 24.1. The van der Waals surface area contributed by atoms with Crippen LogP contribution < -0.4 is 5.32 Å². The summed E-state index contributed by atoms with van der Waals surface area (Å²) in [6, 6.07) is 4.29. The fourth-order valence-electron chi connectivity index (χ4n) is 4.02. The van der Waals surface area contributed by atoms with Crippen molar-refractivity contribution in [2.75, 3.05) is 5.32 Å². The molecule has 7 nitrogen and oxygen atoms in total. The Bertz CT molecular complexity index is 1270. The minimum atomic E-state index is -0.624. The second-order valence-electron chi connectivity index (χ2n) is 9.15. The highest BCUT2D eigenvalue weighted by molar-refractivity contribution is 6.44. The number of benzene rings is 1. The average Bonchev–Trinajstić information content (AvgIpc) is 3.26. The summed E-state index contributed by atoms with van der Waals surface area (Å²) in [4.78, 5) is 43.4. The van der Waals surface area contributed by atoms with Gasteiger partial charge in [0.1, 0.15) is 11.5 Å². The zero-order chi connectivity index (χ0) is 24.7. The summed E-state index contributed by atoms with van der Waals surface area (Å²) >= 11 is 0. The zero-order valence-electron chi connectivity index (χ0n) is 20.0. The summed E-state index contributed by atoms with van der Waals surface area (Å²) < 4.78 is 16.9. The van der Waals surface area contributed by atoms with E-state index in [2.05, 4.69) is 10.3 Å². The van der Waals surface area contributed by atoms with Crippen LogP contribution in [-0.2, 0) is 24.3 Å². The van der Waals surface area contributed by atoms with Crippen LogP contribution in [0, 0.1) is 26.6 Å². The SMILES string of the molecule is Cc1cc(NC(=O)c2c(C)c(C(=O)C(=O)CC(C)(C)c3cn(C)cn3)c(C)n2C)ccc1F. The van der Waals surface area contributed by atoms with Gasteiger partial charge in [-0.15, -0.1) is 0 Å². The van der Waals surface area contributed by atoms with E-state index in [0.717, 1.165) is 5.69 Å². The fraction of sp³-hybridized carbons (Fsp3) is 0.360. The molecule has 3 aromatic rings. The molecule has 0 aliphatic heterocycles. The molecule has 0 aliphatic carbocycles. The molecule has 1 amide bonds. The van der Waals surface area contributed by atoms with Crippen molar-refractivity contribution in [1.82, 2.24) is 14.1 Å². The van der Waals surface area contributed by atoms with Crippen molar-refractivity contribution in [3.63, 3.8) is 0 Å². The smallest absolute Gasteiger partial charge is 0.272 e. The maximum Gasteiger partial charge on any atom is 0.272 e. The van der Waals surface area contributed by atoms with Crippen molar-refractivity contribution in [3.05, 3.63) is 70.3 Å². The Morgan fingerprint density at radius 2 is 1.79 bits per heavy atom. The molecule has 0 unspecified atom stereocenters. The number of aryl methyl sites for hydroxylation is 2. The number of anilines is 1. The molecule has 2 aromatic heterocycles. The second-order valence-corrected chi connectivity index (χ2v) is 9.15. The van der Waals surface area contributed by atoms with E-state index in [1.54, 1.807) is 43.3 Å². The number of hydrogen-bond donors (Lipinski definition) is 1. The molecule has 0 saturated heterocycles. The minimum absolute atomic E-state index is 0.00694. The van der Waals surface area contributed by atoms with Gasteiger partial charge in [0, 0.05) is 43.5 Å². The van der Waals surface area contributed by atoms with Crippen molar-refractivity contribution in [2.45, 2.75) is 46.5 Å². The van der Waals surface area contributed by atoms with Crippen LogP contribution in [0.3, 0.4) is 0 Å². The van der Waals surface area contributed by atoms with Crippen molar-refractivity contribution in [3.8, 4) is 0 Å². The third kappa shape index (κ3) is 4.65. The van der Waals surface area contributed by atoms with Gasteiger partial charge in [0.05, 0.1) is 17.6 Å². The molecule has 1 N–H and O–H groups in total. The summed E-state index contributed by atoms with van der Waals surface area (Å²) in [5, 5.41) is 2.75. The number of aromatic nitrogens is 3. The van der Waals surface area contributed by atoms with E-state index in [1.165, 1.54) is 18.2 Å². The lowest BCUT2D eigenvalue weighted by Crippen LogP contribution is -2.27. The monoisotopic (exact) mass is 452 g/mol. The van der Waals surface area contributed by atoms with Crippen molar-refractivity contribution in [1.29, 1.82) is 0 Å². The number of carbonyl (C=O) groups excluding carboxylic acids is 3. The van der Waals surface area contributed by atoms with Gasteiger partial charge in [-0.3, -0.25) is 14.4 Å². The average molecular weight is 453 g/mol. The number of amides is 1. The van der Waals surface area contributed by atoms with Crippen LogP contribution in [0.5, 0.6) is 0 Å². The molecule has 0 bridgehead atoms. The number of hydrogen-bond acceptors (Lipinski definition) is 4. The second kappa shape index (κ2) is 8.77. The number of Topliss-reactive ketones (excluding diaryl/α,β-unsaturated/α-hetero) is 2. The first-order valence-corrected chi connectivity index (χ1v) is 10.6. The van der Waals surface area contributed by atoms with Crippen LogP contribution >= 0.6 is 0 Å².